The molecule has 0 radical (unpaired) electrons. The lowest BCUT2D eigenvalue weighted by molar-refractivity contribution is 0.122. The van der Waals surface area contributed by atoms with E-state index in [9.17, 15) is 0 Å². The van der Waals surface area contributed by atoms with Crippen LogP contribution in [0, 0.1) is 11.3 Å². The zero-order valence-electron chi connectivity index (χ0n) is 11.3. The quantitative estimate of drug-likeness (QED) is 0.647. The smallest absolute Gasteiger partial charge is 0.123 e. The van der Waals surface area contributed by atoms with Gasteiger partial charge in [-0.15, -0.1) is 0 Å². The van der Waals surface area contributed by atoms with Gasteiger partial charge in [0.15, 0.2) is 0 Å². The summed E-state index contributed by atoms with van der Waals surface area (Å²) in [5, 5.41) is 7.46. The van der Waals surface area contributed by atoms with Crippen LogP contribution in [-0.2, 0) is 0 Å². The molecule has 0 heterocycles. The van der Waals surface area contributed by atoms with Crippen molar-refractivity contribution in [3.05, 3.63) is 28.2 Å². The molecule has 1 saturated carbocycles. The second kappa shape index (κ2) is 6.42. The topological polar surface area (TPSA) is 59.1 Å². The maximum atomic E-state index is 7.46. The van der Waals surface area contributed by atoms with Crippen LogP contribution in [0.4, 0.5) is 0 Å². The Kier molecular flexibility index (Phi) is 4.86. The number of nitrogens with two attached hydrogens (primary N) is 1. The van der Waals surface area contributed by atoms with Gasteiger partial charge in [0, 0.05) is 10.0 Å². The number of hydrogen-bond donors (Lipinski definition) is 2. The number of nitrogens with one attached hydrogen (secondary N) is 1. The molecule has 0 aliphatic heterocycles. The highest BCUT2D eigenvalue weighted by Gasteiger charge is 2.22. The van der Waals surface area contributed by atoms with Crippen LogP contribution in [0.15, 0.2) is 22.7 Å². The fourth-order valence-electron chi connectivity index (χ4n) is 2.70. The summed E-state index contributed by atoms with van der Waals surface area (Å²) < 4.78 is 6.88. The van der Waals surface area contributed by atoms with Crippen LogP contribution >= 0.6 is 15.9 Å². The van der Waals surface area contributed by atoms with E-state index in [-0.39, 0.29) is 5.84 Å². The molecule has 1 aliphatic carbocycles. The van der Waals surface area contributed by atoms with E-state index in [1.807, 2.05) is 18.2 Å². The van der Waals surface area contributed by atoms with Gasteiger partial charge in [-0.05, 0) is 59.3 Å². The third kappa shape index (κ3) is 3.72. The highest BCUT2D eigenvalue weighted by molar-refractivity contribution is 9.10. The fourth-order valence-corrected chi connectivity index (χ4v) is 3.27. The van der Waals surface area contributed by atoms with Gasteiger partial charge in [0.05, 0.1) is 6.10 Å². The molecule has 0 amide bonds. The SMILES string of the molecule is CCC1CCCC(Oc2ccc(C(=N)N)c(Br)c2)C1. The molecule has 0 aromatic heterocycles. The maximum Gasteiger partial charge on any atom is 0.123 e. The van der Waals surface area contributed by atoms with Crippen molar-refractivity contribution in [3.8, 4) is 5.75 Å². The molecule has 0 saturated heterocycles. The Labute approximate surface area is 123 Å². The Hall–Kier alpha value is -1.03. The minimum Gasteiger partial charge on any atom is -0.490 e. The van der Waals surface area contributed by atoms with Crippen LogP contribution in [0.1, 0.15) is 44.6 Å². The lowest BCUT2D eigenvalue weighted by atomic mass is 9.85. The number of nitrogen functional groups attached to an aromatic ring is 1. The van der Waals surface area contributed by atoms with Gasteiger partial charge >= 0.3 is 0 Å². The van der Waals surface area contributed by atoms with Gasteiger partial charge in [0.1, 0.15) is 11.6 Å². The molecular formula is C15H21BrN2O. The Balaban J connectivity index is 2.03. The van der Waals surface area contributed by atoms with Gasteiger partial charge in [-0.25, -0.2) is 0 Å². The Morgan fingerprint density at radius 3 is 2.89 bits per heavy atom. The second-order valence-corrected chi connectivity index (χ2v) is 6.09. The monoisotopic (exact) mass is 324 g/mol. The van der Waals surface area contributed by atoms with Crippen LogP contribution in [0.2, 0.25) is 0 Å². The summed E-state index contributed by atoms with van der Waals surface area (Å²) in [6.45, 7) is 2.26. The van der Waals surface area contributed by atoms with Crippen LogP contribution < -0.4 is 10.5 Å². The first kappa shape index (κ1) is 14.4. The third-order valence-corrected chi connectivity index (χ3v) is 4.50. The fraction of sp³-hybridized carbons (Fsp3) is 0.533. The van der Waals surface area contributed by atoms with E-state index in [1.165, 1.54) is 19.3 Å². The molecule has 4 heteroatoms. The minimum absolute atomic E-state index is 0.0714. The summed E-state index contributed by atoms with van der Waals surface area (Å²) in [5.41, 5.74) is 6.21. The van der Waals surface area contributed by atoms with E-state index in [1.54, 1.807) is 0 Å². The zero-order chi connectivity index (χ0) is 13.8. The first-order chi connectivity index (χ1) is 9.10. The summed E-state index contributed by atoms with van der Waals surface area (Å²) in [4.78, 5) is 0. The van der Waals surface area contributed by atoms with E-state index in [0.717, 1.165) is 29.0 Å². The van der Waals surface area contributed by atoms with Crippen LogP contribution in [-0.4, -0.2) is 11.9 Å². The molecule has 0 spiro atoms. The molecule has 1 aromatic carbocycles. The average molecular weight is 325 g/mol. The number of ether oxygens (including phenoxy) is 1. The third-order valence-electron chi connectivity index (χ3n) is 3.85. The maximum absolute atomic E-state index is 7.46. The zero-order valence-corrected chi connectivity index (χ0v) is 12.9. The summed E-state index contributed by atoms with van der Waals surface area (Å²) >= 11 is 3.44. The van der Waals surface area contributed by atoms with Crippen molar-refractivity contribution in [2.75, 3.05) is 0 Å². The lowest BCUT2D eigenvalue weighted by Crippen LogP contribution is -2.25. The van der Waals surface area contributed by atoms with E-state index in [4.69, 9.17) is 15.9 Å². The summed E-state index contributed by atoms with van der Waals surface area (Å²) in [6.07, 6.45) is 6.46. The molecule has 0 bridgehead atoms. The van der Waals surface area contributed by atoms with E-state index < -0.39 is 0 Å². The summed E-state index contributed by atoms with van der Waals surface area (Å²) in [6, 6.07) is 5.64. The molecule has 3 nitrogen and oxygen atoms in total. The van der Waals surface area contributed by atoms with Gasteiger partial charge in [-0.1, -0.05) is 19.8 Å². The predicted molar refractivity (Wildman–Crippen MR) is 81.8 cm³/mol. The van der Waals surface area contributed by atoms with Crippen molar-refractivity contribution in [3.63, 3.8) is 0 Å². The highest BCUT2D eigenvalue weighted by Crippen LogP contribution is 2.31. The van der Waals surface area contributed by atoms with E-state index in [0.29, 0.717) is 11.7 Å². The van der Waals surface area contributed by atoms with E-state index in [2.05, 4.69) is 22.9 Å². The van der Waals surface area contributed by atoms with Gasteiger partial charge < -0.3 is 10.5 Å². The normalized spacial score (nSPS) is 23.1. The van der Waals surface area contributed by atoms with Crippen molar-refractivity contribution in [2.45, 2.75) is 45.1 Å². The Bertz CT molecular complexity index is 461. The van der Waals surface area contributed by atoms with Crippen molar-refractivity contribution in [2.24, 2.45) is 11.7 Å². The number of halogens is 1. The molecule has 1 aromatic rings. The first-order valence-corrected chi connectivity index (χ1v) is 7.70. The van der Waals surface area contributed by atoms with E-state index >= 15 is 0 Å². The van der Waals surface area contributed by atoms with Crippen molar-refractivity contribution in [1.29, 1.82) is 5.41 Å². The van der Waals surface area contributed by atoms with Gasteiger partial charge in [-0.3, -0.25) is 5.41 Å². The number of amidine groups is 1. The second-order valence-electron chi connectivity index (χ2n) is 5.24. The van der Waals surface area contributed by atoms with Gasteiger partial charge in [-0.2, -0.15) is 0 Å². The Morgan fingerprint density at radius 2 is 2.26 bits per heavy atom. The van der Waals surface area contributed by atoms with Crippen LogP contribution in [0.3, 0.4) is 0 Å². The number of rotatable bonds is 4. The summed E-state index contributed by atoms with van der Waals surface area (Å²) in [7, 11) is 0. The molecule has 1 aliphatic rings. The predicted octanol–water partition coefficient (Wildman–Crippen LogP) is 4.08. The van der Waals surface area contributed by atoms with Gasteiger partial charge in [0.25, 0.3) is 0 Å². The molecule has 19 heavy (non-hydrogen) atoms. The molecule has 2 unspecified atom stereocenters. The molecule has 2 atom stereocenters. The van der Waals surface area contributed by atoms with Crippen molar-refractivity contribution < 1.29 is 4.74 Å². The molecule has 2 rings (SSSR count). The lowest BCUT2D eigenvalue weighted by Gasteiger charge is -2.29. The van der Waals surface area contributed by atoms with Crippen molar-refractivity contribution >= 4 is 21.8 Å². The largest absolute Gasteiger partial charge is 0.490 e. The first-order valence-electron chi connectivity index (χ1n) is 6.90. The minimum atomic E-state index is 0.0714. The van der Waals surface area contributed by atoms with Gasteiger partial charge in [0.2, 0.25) is 0 Å². The highest BCUT2D eigenvalue weighted by atomic mass is 79.9. The van der Waals surface area contributed by atoms with Crippen LogP contribution in [0.5, 0.6) is 5.75 Å². The Morgan fingerprint density at radius 1 is 1.47 bits per heavy atom. The molecule has 104 valence electrons. The molecule has 1 fully saturated rings. The summed E-state index contributed by atoms with van der Waals surface area (Å²) in [5.74, 6) is 1.74. The standard InChI is InChI=1S/C15H21BrN2O/c1-2-10-4-3-5-11(8-10)19-12-6-7-13(15(17)18)14(16)9-12/h6-7,9-11H,2-5,8H2,1H3,(H3,17,18). The van der Waals surface area contributed by atoms with Crippen molar-refractivity contribution in [1.82, 2.24) is 0 Å². The van der Waals surface area contributed by atoms with Crippen LogP contribution in [0.25, 0.3) is 0 Å². The number of benzene rings is 1. The number of hydrogen-bond acceptors (Lipinski definition) is 2. The molecular weight excluding hydrogens is 304 g/mol. The molecule has 3 N–H and O–H groups in total. The average Bonchev–Trinajstić information content (AvgIpc) is 2.38.